The van der Waals surface area contributed by atoms with Gasteiger partial charge in [-0.1, -0.05) is 17.7 Å². The van der Waals surface area contributed by atoms with Gasteiger partial charge in [-0.2, -0.15) is 0 Å². The van der Waals surface area contributed by atoms with Crippen molar-refractivity contribution < 1.29 is 9.53 Å². The molecule has 0 saturated carbocycles. The van der Waals surface area contributed by atoms with Crippen molar-refractivity contribution in [1.29, 1.82) is 0 Å². The number of nitrogens with one attached hydrogen (secondary N) is 1. The summed E-state index contributed by atoms with van der Waals surface area (Å²) < 4.78 is 7.33. The fraction of sp³-hybridized carbons (Fsp3) is 0.263. The SMILES string of the molecule is Cc1ccc(OCC(=O)Nc2cnc(-n3c(C)nc(C)c3C)nc2)cc1. The molecule has 26 heavy (non-hydrogen) atoms. The zero-order chi connectivity index (χ0) is 18.7. The van der Waals surface area contributed by atoms with Crippen LogP contribution in [-0.2, 0) is 4.79 Å². The average molecular weight is 351 g/mol. The first-order valence-electron chi connectivity index (χ1n) is 8.28. The fourth-order valence-corrected chi connectivity index (χ4v) is 2.55. The predicted molar refractivity (Wildman–Crippen MR) is 98.7 cm³/mol. The molecule has 0 aliphatic carbocycles. The molecular formula is C19H21N5O2. The van der Waals surface area contributed by atoms with Gasteiger partial charge < -0.3 is 10.1 Å². The largest absolute Gasteiger partial charge is 0.484 e. The normalized spacial score (nSPS) is 10.6. The molecule has 3 aromatic rings. The molecule has 0 aliphatic rings. The molecule has 0 atom stereocenters. The number of amides is 1. The first-order valence-corrected chi connectivity index (χ1v) is 8.28. The van der Waals surface area contributed by atoms with Gasteiger partial charge in [0.05, 0.1) is 23.8 Å². The Balaban J connectivity index is 1.62. The Morgan fingerprint density at radius 1 is 1.08 bits per heavy atom. The molecule has 0 fully saturated rings. The van der Waals surface area contributed by atoms with Gasteiger partial charge in [0.1, 0.15) is 11.6 Å². The number of aryl methyl sites for hydroxylation is 3. The van der Waals surface area contributed by atoms with E-state index in [2.05, 4.69) is 20.3 Å². The number of ether oxygens (including phenoxy) is 1. The standard InChI is InChI=1S/C19H21N5O2/c1-12-5-7-17(8-6-12)26-11-18(25)23-16-9-20-19(21-10-16)24-14(3)13(2)22-15(24)4/h5-10H,11H2,1-4H3,(H,23,25). The van der Waals surface area contributed by atoms with Crippen LogP contribution in [0.25, 0.3) is 5.95 Å². The highest BCUT2D eigenvalue weighted by atomic mass is 16.5. The van der Waals surface area contributed by atoms with Crippen molar-refractivity contribution >= 4 is 11.6 Å². The zero-order valence-electron chi connectivity index (χ0n) is 15.3. The van der Waals surface area contributed by atoms with Gasteiger partial charge in [-0.15, -0.1) is 0 Å². The molecule has 2 aromatic heterocycles. The summed E-state index contributed by atoms with van der Waals surface area (Å²) in [5.74, 6) is 1.73. The van der Waals surface area contributed by atoms with E-state index in [0.29, 0.717) is 17.4 Å². The van der Waals surface area contributed by atoms with Crippen LogP contribution in [0.1, 0.15) is 22.8 Å². The molecule has 1 N–H and O–H groups in total. The number of imidazole rings is 1. The van der Waals surface area contributed by atoms with Crippen molar-refractivity contribution in [2.75, 3.05) is 11.9 Å². The molecule has 0 saturated heterocycles. The van der Waals surface area contributed by atoms with E-state index in [-0.39, 0.29) is 12.5 Å². The van der Waals surface area contributed by atoms with Crippen LogP contribution >= 0.6 is 0 Å². The van der Waals surface area contributed by atoms with Crippen molar-refractivity contribution in [2.45, 2.75) is 27.7 Å². The van der Waals surface area contributed by atoms with E-state index in [1.165, 1.54) is 0 Å². The minimum Gasteiger partial charge on any atom is -0.484 e. The van der Waals surface area contributed by atoms with Gasteiger partial charge in [-0.05, 0) is 39.8 Å². The molecule has 0 aliphatic heterocycles. The van der Waals surface area contributed by atoms with Crippen LogP contribution in [0.15, 0.2) is 36.7 Å². The first-order chi connectivity index (χ1) is 12.4. The predicted octanol–water partition coefficient (Wildman–Crippen LogP) is 2.91. The van der Waals surface area contributed by atoms with E-state index in [9.17, 15) is 4.79 Å². The third-order valence-corrected chi connectivity index (χ3v) is 4.03. The van der Waals surface area contributed by atoms with Crippen molar-refractivity contribution in [3.05, 3.63) is 59.4 Å². The molecule has 0 spiro atoms. The second kappa shape index (κ2) is 7.35. The van der Waals surface area contributed by atoms with Crippen LogP contribution < -0.4 is 10.1 Å². The van der Waals surface area contributed by atoms with Crippen LogP contribution in [0.4, 0.5) is 5.69 Å². The van der Waals surface area contributed by atoms with Gasteiger partial charge in [-0.25, -0.2) is 15.0 Å². The van der Waals surface area contributed by atoms with Gasteiger partial charge in [-0.3, -0.25) is 9.36 Å². The summed E-state index contributed by atoms with van der Waals surface area (Å²) in [6.07, 6.45) is 3.14. The Morgan fingerprint density at radius 2 is 1.73 bits per heavy atom. The Hall–Kier alpha value is -3.22. The summed E-state index contributed by atoms with van der Waals surface area (Å²) in [5.41, 5.74) is 3.58. The lowest BCUT2D eigenvalue weighted by atomic mass is 10.2. The van der Waals surface area contributed by atoms with Crippen molar-refractivity contribution in [3.63, 3.8) is 0 Å². The summed E-state index contributed by atoms with van der Waals surface area (Å²) in [4.78, 5) is 25.1. The van der Waals surface area contributed by atoms with E-state index in [1.807, 2.05) is 56.5 Å². The van der Waals surface area contributed by atoms with Gasteiger partial charge in [0, 0.05) is 5.69 Å². The number of carbonyl (C=O) groups excluding carboxylic acids is 1. The number of hydrogen-bond donors (Lipinski definition) is 1. The molecule has 0 bridgehead atoms. The highest BCUT2D eigenvalue weighted by molar-refractivity contribution is 5.91. The molecule has 134 valence electrons. The summed E-state index contributed by atoms with van der Waals surface area (Å²) in [7, 11) is 0. The van der Waals surface area contributed by atoms with E-state index in [4.69, 9.17) is 4.74 Å². The third-order valence-electron chi connectivity index (χ3n) is 4.03. The number of benzene rings is 1. The zero-order valence-corrected chi connectivity index (χ0v) is 15.3. The highest BCUT2D eigenvalue weighted by Gasteiger charge is 2.12. The second-order valence-electron chi connectivity index (χ2n) is 6.09. The number of nitrogens with zero attached hydrogens (tertiary/aromatic N) is 4. The molecular weight excluding hydrogens is 330 g/mol. The van der Waals surface area contributed by atoms with Gasteiger partial charge in [0.2, 0.25) is 5.95 Å². The lowest BCUT2D eigenvalue weighted by Gasteiger charge is -2.09. The Labute approximate surface area is 152 Å². The summed E-state index contributed by atoms with van der Waals surface area (Å²) in [6.45, 7) is 7.73. The lowest BCUT2D eigenvalue weighted by molar-refractivity contribution is -0.118. The first kappa shape index (κ1) is 17.6. The topological polar surface area (TPSA) is 81.9 Å². The molecule has 3 rings (SSSR count). The summed E-state index contributed by atoms with van der Waals surface area (Å²) in [6, 6.07) is 7.53. The maximum absolute atomic E-state index is 12.0. The summed E-state index contributed by atoms with van der Waals surface area (Å²) in [5, 5.41) is 2.72. The third kappa shape index (κ3) is 3.88. The quantitative estimate of drug-likeness (QED) is 0.764. The number of rotatable bonds is 5. The maximum Gasteiger partial charge on any atom is 0.262 e. The Morgan fingerprint density at radius 3 is 2.31 bits per heavy atom. The minimum absolute atomic E-state index is 0.0796. The van der Waals surface area contributed by atoms with Crippen LogP contribution in [0.5, 0.6) is 5.75 Å². The molecule has 7 nitrogen and oxygen atoms in total. The van der Waals surface area contributed by atoms with Gasteiger partial charge >= 0.3 is 0 Å². The molecule has 1 aromatic carbocycles. The van der Waals surface area contributed by atoms with Crippen LogP contribution in [0.3, 0.4) is 0 Å². The molecule has 7 heteroatoms. The monoisotopic (exact) mass is 351 g/mol. The number of hydrogen-bond acceptors (Lipinski definition) is 5. The van der Waals surface area contributed by atoms with Crippen molar-refractivity contribution in [2.24, 2.45) is 0 Å². The van der Waals surface area contributed by atoms with E-state index in [1.54, 1.807) is 12.4 Å². The smallest absolute Gasteiger partial charge is 0.262 e. The van der Waals surface area contributed by atoms with E-state index in [0.717, 1.165) is 22.8 Å². The van der Waals surface area contributed by atoms with Crippen LogP contribution in [-0.4, -0.2) is 32.0 Å². The molecule has 2 heterocycles. The van der Waals surface area contributed by atoms with Crippen molar-refractivity contribution in [1.82, 2.24) is 19.5 Å². The number of anilines is 1. The van der Waals surface area contributed by atoms with E-state index < -0.39 is 0 Å². The molecule has 0 radical (unpaired) electrons. The maximum atomic E-state index is 12.0. The van der Waals surface area contributed by atoms with E-state index >= 15 is 0 Å². The fourth-order valence-electron chi connectivity index (χ4n) is 2.55. The average Bonchev–Trinajstić information content (AvgIpc) is 2.87. The minimum atomic E-state index is -0.271. The van der Waals surface area contributed by atoms with Gasteiger partial charge in [0.25, 0.3) is 5.91 Å². The molecule has 0 unspecified atom stereocenters. The van der Waals surface area contributed by atoms with Crippen LogP contribution in [0, 0.1) is 27.7 Å². The summed E-state index contributed by atoms with van der Waals surface area (Å²) >= 11 is 0. The Bertz CT molecular complexity index is 914. The molecule has 1 amide bonds. The van der Waals surface area contributed by atoms with Crippen LogP contribution in [0.2, 0.25) is 0 Å². The second-order valence-corrected chi connectivity index (χ2v) is 6.09. The number of carbonyl (C=O) groups is 1. The lowest BCUT2D eigenvalue weighted by Crippen LogP contribution is -2.20. The Kier molecular flexibility index (Phi) is 4.97. The number of aromatic nitrogens is 4. The van der Waals surface area contributed by atoms with Gasteiger partial charge in [0.15, 0.2) is 6.61 Å². The van der Waals surface area contributed by atoms with Crippen molar-refractivity contribution in [3.8, 4) is 11.7 Å². The highest BCUT2D eigenvalue weighted by Crippen LogP contribution is 2.15.